The number of amides is 4. The van der Waals surface area contributed by atoms with Crippen LogP contribution < -0.4 is 10.6 Å². The summed E-state index contributed by atoms with van der Waals surface area (Å²) in [7, 11) is 0. The van der Waals surface area contributed by atoms with Gasteiger partial charge >= 0.3 is 18.0 Å². The Bertz CT molecular complexity index is 1100. The molecule has 0 bridgehead atoms. The van der Waals surface area contributed by atoms with E-state index in [-0.39, 0.29) is 35.5 Å². The summed E-state index contributed by atoms with van der Waals surface area (Å²) >= 11 is 0. The monoisotopic (exact) mass is 460 g/mol. The summed E-state index contributed by atoms with van der Waals surface area (Å²) in [4.78, 5) is 72.3. The van der Waals surface area contributed by atoms with E-state index in [2.05, 4.69) is 10.6 Å². The average Bonchev–Trinajstić information content (AvgIpc) is 3.00. The van der Waals surface area contributed by atoms with Crippen molar-refractivity contribution in [2.45, 2.75) is 26.3 Å². The molecule has 2 aliphatic heterocycles. The zero-order valence-corrected chi connectivity index (χ0v) is 17.7. The lowest BCUT2D eigenvalue weighted by molar-refractivity contribution is -0.385. The molecule has 2 N–H and O–H groups in total. The van der Waals surface area contributed by atoms with Gasteiger partial charge in [0.15, 0.2) is 0 Å². The summed E-state index contributed by atoms with van der Waals surface area (Å²) < 4.78 is 10.1. The molecule has 13 heteroatoms. The first-order chi connectivity index (χ1) is 15.6. The van der Waals surface area contributed by atoms with Crippen LogP contribution in [0.4, 0.5) is 10.5 Å². The third kappa shape index (κ3) is 4.66. The molecular weight excluding hydrogens is 440 g/mol. The van der Waals surface area contributed by atoms with E-state index in [1.54, 1.807) is 13.8 Å². The number of nitro groups is 1. The van der Waals surface area contributed by atoms with Crippen LogP contribution in [0, 0.1) is 10.1 Å². The van der Waals surface area contributed by atoms with Crippen molar-refractivity contribution in [1.82, 2.24) is 15.5 Å². The molecule has 4 amide bonds. The van der Waals surface area contributed by atoms with Crippen molar-refractivity contribution in [3.63, 3.8) is 0 Å². The molecule has 0 spiro atoms. The molecule has 0 aliphatic carbocycles. The number of carbonyl (C=O) groups excluding carboxylic acids is 5. The quantitative estimate of drug-likeness (QED) is 0.244. The molecule has 1 aromatic carbocycles. The van der Waals surface area contributed by atoms with Crippen molar-refractivity contribution < 1.29 is 38.4 Å². The molecule has 1 atom stereocenters. The predicted octanol–water partition coefficient (Wildman–Crippen LogP) is 0.643. The zero-order chi connectivity index (χ0) is 24.3. The number of imide groups is 1. The number of hydrogen-bond acceptors (Lipinski definition) is 9. The minimum absolute atomic E-state index is 0.0504. The fourth-order valence-corrected chi connectivity index (χ4v) is 3.49. The van der Waals surface area contributed by atoms with Gasteiger partial charge < -0.3 is 20.1 Å². The Kier molecular flexibility index (Phi) is 6.70. The van der Waals surface area contributed by atoms with E-state index in [4.69, 9.17) is 9.47 Å². The number of nitro benzene ring substituents is 1. The molecule has 3 rings (SSSR count). The van der Waals surface area contributed by atoms with Crippen LogP contribution in [0.5, 0.6) is 0 Å². The summed E-state index contributed by atoms with van der Waals surface area (Å²) in [5.41, 5.74) is -0.786. The molecule has 0 aromatic heterocycles. The normalized spacial score (nSPS) is 17.3. The SMILES string of the molecule is CCOC(=O)C1=C(COC(=O)CCN2C(=O)c3cccc([N+](=O)[O-])c3C2=O)NC(=O)NC1C. The van der Waals surface area contributed by atoms with Crippen LogP contribution in [-0.4, -0.2) is 65.4 Å². The highest BCUT2D eigenvalue weighted by atomic mass is 16.6. The summed E-state index contributed by atoms with van der Waals surface area (Å²) in [6, 6.07) is 2.44. The van der Waals surface area contributed by atoms with E-state index in [1.165, 1.54) is 12.1 Å². The molecule has 0 saturated carbocycles. The van der Waals surface area contributed by atoms with E-state index in [0.29, 0.717) is 0 Å². The predicted molar refractivity (Wildman–Crippen MR) is 109 cm³/mol. The van der Waals surface area contributed by atoms with Crippen LogP contribution >= 0.6 is 0 Å². The maximum atomic E-state index is 12.5. The van der Waals surface area contributed by atoms with Gasteiger partial charge in [-0.3, -0.25) is 29.4 Å². The van der Waals surface area contributed by atoms with E-state index >= 15 is 0 Å². The molecule has 2 aliphatic rings. The number of urea groups is 1. The summed E-state index contributed by atoms with van der Waals surface area (Å²) in [5.74, 6) is -3.13. The zero-order valence-electron chi connectivity index (χ0n) is 17.7. The Hall–Kier alpha value is -4.29. The van der Waals surface area contributed by atoms with Crippen molar-refractivity contribution in [2.24, 2.45) is 0 Å². The number of ether oxygens (including phenoxy) is 2. The lowest BCUT2D eigenvalue weighted by Gasteiger charge is -2.26. The second-order valence-corrected chi connectivity index (χ2v) is 7.06. The first kappa shape index (κ1) is 23.4. The second-order valence-electron chi connectivity index (χ2n) is 7.06. The van der Waals surface area contributed by atoms with Crippen molar-refractivity contribution in [3.05, 3.63) is 50.7 Å². The third-order valence-corrected chi connectivity index (χ3v) is 4.96. The van der Waals surface area contributed by atoms with Crippen LogP contribution in [0.2, 0.25) is 0 Å². The number of fused-ring (bicyclic) bond motifs is 1. The number of esters is 2. The van der Waals surface area contributed by atoms with Crippen molar-refractivity contribution in [2.75, 3.05) is 19.8 Å². The maximum absolute atomic E-state index is 12.5. The van der Waals surface area contributed by atoms with Gasteiger partial charge in [-0.15, -0.1) is 0 Å². The standard InChI is InChI=1S/C20H20N4O9/c1-3-32-19(28)15-10(2)21-20(29)22-12(15)9-33-14(25)7-8-23-17(26)11-5-4-6-13(24(30)31)16(11)18(23)27/h4-6,10H,3,7-9H2,1-2H3,(H2,21,22,29). The smallest absolute Gasteiger partial charge is 0.338 e. The number of carbonyl (C=O) groups is 5. The topological polar surface area (TPSA) is 174 Å². The van der Waals surface area contributed by atoms with Gasteiger partial charge in [0.25, 0.3) is 17.5 Å². The largest absolute Gasteiger partial charge is 0.463 e. The number of hydrogen-bond donors (Lipinski definition) is 2. The Morgan fingerprint density at radius 2 is 1.91 bits per heavy atom. The van der Waals surface area contributed by atoms with E-state index in [1.807, 2.05) is 0 Å². The van der Waals surface area contributed by atoms with E-state index in [0.717, 1.165) is 11.0 Å². The second kappa shape index (κ2) is 9.46. The fraction of sp³-hybridized carbons (Fsp3) is 0.350. The highest BCUT2D eigenvalue weighted by Crippen LogP contribution is 2.30. The minimum atomic E-state index is -0.873. The first-order valence-electron chi connectivity index (χ1n) is 9.92. The lowest BCUT2D eigenvalue weighted by Crippen LogP contribution is -2.50. The maximum Gasteiger partial charge on any atom is 0.338 e. The molecule has 0 saturated heterocycles. The summed E-state index contributed by atoms with van der Waals surface area (Å²) in [6.07, 6.45) is -0.400. The van der Waals surface area contributed by atoms with Gasteiger partial charge in [0.05, 0.1) is 40.8 Å². The average molecular weight is 460 g/mol. The molecule has 2 heterocycles. The lowest BCUT2D eigenvalue weighted by atomic mass is 10.0. The Labute approximate surface area is 186 Å². The minimum Gasteiger partial charge on any atom is -0.463 e. The third-order valence-electron chi connectivity index (χ3n) is 4.96. The van der Waals surface area contributed by atoms with Gasteiger partial charge in [-0.2, -0.15) is 0 Å². The highest BCUT2D eigenvalue weighted by molar-refractivity contribution is 6.23. The number of benzene rings is 1. The van der Waals surface area contributed by atoms with Crippen LogP contribution in [0.3, 0.4) is 0 Å². The van der Waals surface area contributed by atoms with Crippen LogP contribution in [0.1, 0.15) is 41.0 Å². The Balaban J connectivity index is 1.65. The summed E-state index contributed by atoms with van der Waals surface area (Å²) in [6.45, 7) is 2.48. The van der Waals surface area contributed by atoms with Crippen molar-refractivity contribution >= 4 is 35.5 Å². The first-order valence-corrected chi connectivity index (χ1v) is 9.92. The van der Waals surface area contributed by atoms with Gasteiger partial charge in [-0.25, -0.2) is 9.59 Å². The van der Waals surface area contributed by atoms with Crippen molar-refractivity contribution in [3.8, 4) is 0 Å². The van der Waals surface area contributed by atoms with Gasteiger partial charge in [-0.1, -0.05) is 6.07 Å². The molecule has 0 radical (unpaired) electrons. The number of nitrogens with zero attached hydrogens (tertiary/aromatic N) is 2. The van der Waals surface area contributed by atoms with Gasteiger partial charge in [0.2, 0.25) is 0 Å². The molecule has 13 nitrogen and oxygen atoms in total. The van der Waals surface area contributed by atoms with Crippen LogP contribution in [0.15, 0.2) is 29.5 Å². The van der Waals surface area contributed by atoms with Crippen LogP contribution in [-0.2, 0) is 19.1 Å². The molecule has 174 valence electrons. The van der Waals surface area contributed by atoms with E-state index < -0.39 is 59.5 Å². The van der Waals surface area contributed by atoms with E-state index in [9.17, 15) is 34.1 Å². The fourth-order valence-electron chi connectivity index (χ4n) is 3.49. The molecule has 1 aromatic rings. The highest BCUT2D eigenvalue weighted by Gasteiger charge is 2.41. The molecule has 33 heavy (non-hydrogen) atoms. The Morgan fingerprint density at radius 3 is 2.58 bits per heavy atom. The van der Waals surface area contributed by atoms with Crippen molar-refractivity contribution in [1.29, 1.82) is 0 Å². The van der Waals surface area contributed by atoms with Gasteiger partial charge in [-0.05, 0) is 19.9 Å². The number of nitrogens with one attached hydrogen (secondary N) is 2. The number of rotatable bonds is 8. The molecule has 1 unspecified atom stereocenters. The van der Waals surface area contributed by atoms with Crippen LogP contribution in [0.25, 0.3) is 0 Å². The van der Waals surface area contributed by atoms with Gasteiger partial charge in [0, 0.05) is 12.6 Å². The molecular formula is C20H20N4O9. The molecule has 0 fully saturated rings. The summed E-state index contributed by atoms with van der Waals surface area (Å²) in [5, 5.41) is 16.1. The van der Waals surface area contributed by atoms with Gasteiger partial charge in [0.1, 0.15) is 12.2 Å². The Morgan fingerprint density at radius 1 is 1.18 bits per heavy atom.